The van der Waals surface area contributed by atoms with Crippen molar-refractivity contribution in [3.8, 4) is 23.0 Å². The number of hydrogen-bond acceptors (Lipinski definition) is 7. The molecule has 0 radical (unpaired) electrons. The van der Waals surface area contributed by atoms with Gasteiger partial charge in [0.05, 0.1) is 19.1 Å². The number of esters is 1. The summed E-state index contributed by atoms with van der Waals surface area (Å²) in [6.07, 6.45) is 0.452. The number of methoxy groups -OCH3 is 1. The van der Waals surface area contributed by atoms with Crippen LogP contribution in [0.5, 0.6) is 23.0 Å². The molecule has 1 atom stereocenters. The topological polar surface area (TPSA) is 84.2 Å². The zero-order valence-electron chi connectivity index (χ0n) is 15.8. The molecule has 0 spiro atoms. The molecule has 7 heteroatoms. The molecule has 28 heavy (non-hydrogen) atoms. The van der Waals surface area contributed by atoms with E-state index in [1.165, 1.54) is 13.4 Å². The third kappa shape index (κ3) is 4.09. The van der Waals surface area contributed by atoms with Crippen LogP contribution in [0.3, 0.4) is 0 Å². The van der Waals surface area contributed by atoms with E-state index in [1.807, 2.05) is 0 Å². The van der Waals surface area contributed by atoms with E-state index in [1.54, 1.807) is 56.3 Å². The van der Waals surface area contributed by atoms with Gasteiger partial charge < -0.3 is 23.4 Å². The third-order valence-electron chi connectivity index (χ3n) is 3.93. The molecule has 3 aromatic rings. The van der Waals surface area contributed by atoms with Crippen molar-refractivity contribution in [1.82, 2.24) is 0 Å². The van der Waals surface area contributed by atoms with Gasteiger partial charge in [-0.15, -0.1) is 0 Å². The number of para-hydroxylation sites is 2. The Morgan fingerprint density at radius 1 is 1.11 bits per heavy atom. The van der Waals surface area contributed by atoms with E-state index < -0.39 is 12.1 Å². The Balaban J connectivity index is 1.86. The van der Waals surface area contributed by atoms with Crippen LogP contribution in [0.1, 0.15) is 13.8 Å². The molecule has 0 N–H and O–H groups in total. The van der Waals surface area contributed by atoms with E-state index in [4.69, 9.17) is 23.4 Å². The van der Waals surface area contributed by atoms with Crippen LogP contribution in [0.25, 0.3) is 11.0 Å². The molecule has 0 amide bonds. The van der Waals surface area contributed by atoms with Crippen molar-refractivity contribution >= 4 is 16.9 Å². The number of fused-ring (bicyclic) bond motifs is 1. The van der Waals surface area contributed by atoms with Crippen molar-refractivity contribution < 1.29 is 28.2 Å². The quantitative estimate of drug-likeness (QED) is 0.571. The Morgan fingerprint density at radius 2 is 1.86 bits per heavy atom. The van der Waals surface area contributed by atoms with Crippen LogP contribution in [0.4, 0.5) is 0 Å². The largest absolute Gasteiger partial charge is 0.493 e. The molecule has 0 aliphatic carbocycles. The fourth-order valence-electron chi connectivity index (χ4n) is 2.57. The highest BCUT2D eigenvalue weighted by molar-refractivity contribution is 5.79. The van der Waals surface area contributed by atoms with Crippen LogP contribution in [0, 0.1) is 0 Å². The van der Waals surface area contributed by atoms with Gasteiger partial charge in [-0.25, -0.2) is 4.79 Å². The van der Waals surface area contributed by atoms with Gasteiger partial charge in [0, 0.05) is 6.07 Å². The summed E-state index contributed by atoms with van der Waals surface area (Å²) < 4.78 is 26.9. The molecule has 0 saturated heterocycles. The standard InChI is InChI=1S/C21H20O7/c1-4-25-21(23)13(2)27-14-9-10-15-18(11-14)26-12-19(20(15)22)28-17-8-6-5-7-16(17)24-3/h5-13H,4H2,1-3H3/t13-/m1/s1. The van der Waals surface area contributed by atoms with Crippen LogP contribution in [0.15, 0.2) is 57.9 Å². The van der Waals surface area contributed by atoms with Gasteiger partial charge in [0.1, 0.15) is 17.6 Å². The van der Waals surface area contributed by atoms with Gasteiger partial charge in [0.15, 0.2) is 17.6 Å². The number of carbonyl (C=O) groups is 1. The Morgan fingerprint density at radius 3 is 2.57 bits per heavy atom. The van der Waals surface area contributed by atoms with Crippen molar-refractivity contribution in [3.63, 3.8) is 0 Å². The monoisotopic (exact) mass is 384 g/mol. The van der Waals surface area contributed by atoms with Gasteiger partial charge in [-0.05, 0) is 38.1 Å². The number of carbonyl (C=O) groups excluding carboxylic acids is 1. The summed E-state index contributed by atoms with van der Waals surface area (Å²) in [5.74, 6) is 0.850. The number of rotatable bonds is 7. The minimum atomic E-state index is -0.780. The van der Waals surface area contributed by atoms with Gasteiger partial charge in [-0.2, -0.15) is 0 Å². The molecule has 146 valence electrons. The molecule has 0 unspecified atom stereocenters. The lowest BCUT2D eigenvalue weighted by Crippen LogP contribution is -2.26. The predicted molar refractivity (Wildman–Crippen MR) is 102 cm³/mol. The lowest BCUT2D eigenvalue weighted by Gasteiger charge is -2.13. The first-order valence-electron chi connectivity index (χ1n) is 8.73. The molecule has 2 aromatic carbocycles. The van der Waals surface area contributed by atoms with Crippen molar-refractivity contribution in [1.29, 1.82) is 0 Å². The normalized spacial score (nSPS) is 11.7. The second kappa shape index (κ2) is 8.47. The molecule has 7 nitrogen and oxygen atoms in total. The van der Waals surface area contributed by atoms with Gasteiger partial charge in [0.2, 0.25) is 11.2 Å². The Kier molecular flexibility index (Phi) is 5.84. The van der Waals surface area contributed by atoms with E-state index in [0.717, 1.165) is 0 Å². The SMILES string of the molecule is CCOC(=O)[C@@H](C)Oc1ccc2c(=O)c(Oc3ccccc3OC)coc2c1. The highest BCUT2D eigenvalue weighted by Crippen LogP contribution is 2.30. The van der Waals surface area contributed by atoms with Crippen molar-refractivity contribution in [2.45, 2.75) is 20.0 Å². The maximum Gasteiger partial charge on any atom is 0.347 e. The second-order valence-electron chi connectivity index (χ2n) is 5.85. The van der Waals surface area contributed by atoms with Crippen LogP contribution >= 0.6 is 0 Å². The van der Waals surface area contributed by atoms with Gasteiger partial charge in [-0.1, -0.05) is 12.1 Å². The highest BCUT2D eigenvalue weighted by Gasteiger charge is 2.17. The Labute approximate surface area is 161 Å². The first kappa shape index (κ1) is 19.3. The maximum atomic E-state index is 12.7. The van der Waals surface area contributed by atoms with E-state index in [2.05, 4.69) is 0 Å². The second-order valence-corrected chi connectivity index (χ2v) is 5.85. The molecule has 0 bridgehead atoms. The number of hydrogen-bond donors (Lipinski definition) is 0. The van der Waals surface area contributed by atoms with Gasteiger partial charge in [0.25, 0.3) is 0 Å². The average molecular weight is 384 g/mol. The zero-order valence-corrected chi connectivity index (χ0v) is 15.8. The summed E-state index contributed by atoms with van der Waals surface area (Å²) in [7, 11) is 1.52. The predicted octanol–water partition coefficient (Wildman–Crippen LogP) is 3.92. The molecule has 0 aliphatic heterocycles. The van der Waals surface area contributed by atoms with Crippen LogP contribution in [-0.4, -0.2) is 25.8 Å². The smallest absolute Gasteiger partial charge is 0.347 e. The molecule has 1 aromatic heterocycles. The average Bonchev–Trinajstić information content (AvgIpc) is 2.70. The lowest BCUT2D eigenvalue weighted by molar-refractivity contribution is -0.150. The summed E-state index contributed by atoms with van der Waals surface area (Å²) in [5.41, 5.74) is -0.0249. The minimum absolute atomic E-state index is 0.0329. The number of ether oxygens (including phenoxy) is 4. The van der Waals surface area contributed by atoms with Gasteiger partial charge in [-0.3, -0.25) is 4.79 Å². The lowest BCUT2D eigenvalue weighted by atomic mass is 10.2. The summed E-state index contributed by atoms with van der Waals surface area (Å²) >= 11 is 0. The molecule has 0 fully saturated rings. The number of benzene rings is 2. The van der Waals surface area contributed by atoms with E-state index in [9.17, 15) is 9.59 Å². The van der Waals surface area contributed by atoms with E-state index in [-0.39, 0.29) is 17.8 Å². The fourth-order valence-corrected chi connectivity index (χ4v) is 2.57. The van der Waals surface area contributed by atoms with Crippen molar-refractivity contribution in [2.24, 2.45) is 0 Å². The molecule has 0 saturated carbocycles. The zero-order chi connectivity index (χ0) is 20.1. The van der Waals surface area contributed by atoms with Crippen LogP contribution in [0.2, 0.25) is 0 Å². The summed E-state index contributed by atoms with van der Waals surface area (Å²) in [5, 5.41) is 0.323. The minimum Gasteiger partial charge on any atom is -0.493 e. The molecule has 1 heterocycles. The van der Waals surface area contributed by atoms with Gasteiger partial charge >= 0.3 is 5.97 Å². The highest BCUT2D eigenvalue weighted by atomic mass is 16.6. The third-order valence-corrected chi connectivity index (χ3v) is 3.93. The first-order chi connectivity index (χ1) is 13.5. The fraction of sp³-hybridized carbons (Fsp3) is 0.238. The Bertz CT molecular complexity index is 1040. The summed E-state index contributed by atoms with van der Waals surface area (Å²) in [6, 6.07) is 11.7. The van der Waals surface area contributed by atoms with E-state index >= 15 is 0 Å². The van der Waals surface area contributed by atoms with Crippen LogP contribution in [-0.2, 0) is 9.53 Å². The Hall–Kier alpha value is -3.48. The molecular formula is C21H20O7. The van der Waals surface area contributed by atoms with Crippen molar-refractivity contribution in [2.75, 3.05) is 13.7 Å². The van der Waals surface area contributed by atoms with E-state index in [0.29, 0.717) is 28.2 Å². The summed E-state index contributed by atoms with van der Waals surface area (Å²) in [4.78, 5) is 24.4. The van der Waals surface area contributed by atoms with Crippen LogP contribution < -0.4 is 19.6 Å². The molecule has 3 rings (SSSR count). The molecule has 0 aliphatic rings. The van der Waals surface area contributed by atoms with Crippen molar-refractivity contribution in [3.05, 3.63) is 59.0 Å². The maximum absolute atomic E-state index is 12.7. The molecular weight excluding hydrogens is 364 g/mol. The first-order valence-corrected chi connectivity index (χ1v) is 8.73. The summed E-state index contributed by atoms with van der Waals surface area (Å²) in [6.45, 7) is 3.58.